The minimum absolute atomic E-state index is 0.0833. The fourth-order valence-electron chi connectivity index (χ4n) is 3.92. The third-order valence-corrected chi connectivity index (χ3v) is 5.79. The van der Waals surface area contributed by atoms with Gasteiger partial charge in [0.15, 0.2) is 11.5 Å². The molecule has 1 N–H and O–H groups in total. The Balaban J connectivity index is 1.33. The number of ether oxygens (including phenoxy) is 2. The van der Waals surface area contributed by atoms with Gasteiger partial charge >= 0.3 is 0 Å². The number of imidazole rings is 1. The Morgan fingerprint density at radius 3 is 2.52 bits per heavy atom. The molecule has 1 fully saturated rings. The molecule has 0 aliphatic carbocycles. The molecule has 0 spiro atoms. The first-order valence-electron chi connectivity index (χ1n) is 11.0. The van der Waals surface area contributed by atoms with Gasteiger partial charge in [-0.1, -0.05) is 13.0 Å². The summed E-state index contributed by atoms with van der Waals surface area (Å²) in [7, 11) is 3.25. The number of hydrogen-bond acceptors (Lipinski definition) is 6. The molecule has 3 rings (SSSR count). The molecule has 1 aliphatic heterocycles. The quantitative estimate of drug-likeness (QED) is 0.583. The Kier molecular flexibility index (Phi) is 8.73. The van der Waals surface area contributed by atoms with Crippen LogP contribution in [0.3, 0.4) is 0 Å². The first kappa shape index (κ1) is 23.1. The Morgan fingerprint density at radius 2 is 1.81 bits per heavy atom. The molecule has 0 bridgehead atoms. The van der Waals surface area contributed by atoms with Crippen LogP contribution in [0.25, 0.3) is 0 Å². The van der Waals surface area contributed by atoms with Crippen molar-refractivity contribution in [3.05, 3.63) is 42.0 Å². The number of hydrogen-bond donors (Lipinski definition) is 1. The van der Waals surface area contributed by atoms with Crippen LogP contribution in [-0.4, -0.2) is 85.3 Å². The second-order valence-corrected chi connectivity index (χ2v) is 7.80. The summed E-state index contributed by atoms with van der Waals surface area (Å²) in [4.78, 5) is 21.4. The van der Waals surface area contributed by atoms with Gasteiger partial charge in [-0.2, -0.15) is 0 Å². The van der Waals surface area contributed by atoms with E-state index in [2.05, 4.69) is 37.8 Å². The van der Waals surface area contributed by atoms with Gasteiger partial charge in [-0.05, 0) is 24.1 Å². The van der Waals surface area contributed by atoms with Gasteiger partial charge in [0.25, 0.3) is 0 Å². The number of carbonyl (C=O) groups excluding carboxylic acids is 1. The van der Waals surface area contributed by atoms with Crippen LogP contribution in [0.15, 0.2) is 30.6 Å². The van der Waals surface area contributed by atoms with Crippen LogP contribution in [0.1, 0.15) is 18.3 Å². The number of rotatable bonds is 11. The molecule has 0 unspecified atom stereocenters. The molecule has 170 valence electrons. The van der Waals surface area contributed by atoms with Crippen molar-refractivity contribution in [2.24, 2.45) is 0 Å². The molecule has 0 radical (unpaired) electrons. The van der Waals surface area contributed by atoms with E-state index in [1.54, 1.807) is 14.2 Å². The zero-order valence-corrected chi connectivity index (χ0v) is 19.0. The van der Waals surface area contributed by atoms with Crippen LogP contribution in [0.2, 0.25) is 0 Å². The van der Waals surface area contributed by atoms with Crippen LogP contribution < -0.4 is 14.8 Å². The van der Waals surface area contributed by atoms with E-state index in [1.807, 2.05) is 24.4 Å². The summed E-state index contributed by atoms with van der Waals surface area (Å²) in [6.07, 6.45) is 5.65. The number of amides is 1. The fraction of sp³-hybridized carbons (Fsp3) is 0.565. The number of benzene rings is 1. The highest BCUT2D eigenvalue weighted by molar-refractivity contribution is 5.78. The topological polar surface area (TPSA) is 71.9 Å². The van der Waals surface area contributed by atoms with Crippen LogP contribution in [0.4, 0.5) is 0 Å². The lowest BCUT2D eigenvalue weighted by Crippen LogP contribution is -2.50. The Bertz CT molecular complexity index is 830. The van der Waals surface area contributed by atoms with Gasteiger partial charge in [0.2, 0.25) is 5.91 Å². The van der Waals surface area contributed by atoms with Crippen molar-refractivity contribution in [3.63, 3.8) is 0 Å². The maximum Gasteiger partial charge on any atom is 0.234 e. The number of piperazine rings is 1. The molecule has 0 saturated carbocycles. The van der Waals surface area contributed by atoms with Gasteiger partial charge in [-0.3, -0.25) is 14.6 Å². The predicted molar refractivity (Wildman–Crippen MR) is 121 cm³/mol. The molecular weight excluding hydrogens is 394 g/mol. The van der Waals surface area contributed by atoms with Gasteiger partial charge in [0.05, 0.1) is 20.8 Å². The average Bonchev–Trinajstić information content (AvgIpc) is 3.26. The SMILES string of the molecule is CCc1nccn1CCN1CCN(CC(=O)NCCc2ccc(OC)c(OC)c2)CC1. The fourth-order valence-corrected chi connectivity index (χ4v) is 3.92. The molecule has 1 aromatic heterocycles. The van der Waals surface area contributed by atoms with Crippen LogP contribution in [0, 0.1) is 0 Å². The minimum atomic E-state index is 0.0833. The number of aromatic nitrogens is 2. The third kappa shape index (κ3) is 6.70. The zero-order chi connectivity index (χ0) is 22.1. The Morgan fingerprint density at radius 1 is 1.06 bits per heavy atom. The monoisotopic (exact) mass is 429 g/mol. The molecule has 1 aliphatic rings. The number of carbonyl (C=O) groups is 1. The Labute approximate surface area is 185 Å². The summed E-state index contributed by atoms with van der Waals surface area (Å²) >= 11 is 0. The minimum Gasteiger partial charge on any atom is -0.493 e. The molecule has 2 aromatic rings. The normalized spacial score (nSPS) is 15.1. The maximum atomic E-state index is 12.3. The van der Waals surface area contributed by atoms with E-state index < -0.39 is 0 Å². The standard InChI is InChI=1S/C23H35N5O3/c1-4-22-24-9-10-28(22)16-15-26-11-13-27(14-12-26)18-23(29)25-8-7-19-5-6-20(30-2)21(17-19)31-3/h5-6,9-10,17H,4,7-8,11-16,18H2,1-3H3,(H,25,29). The van der Waals surface area contributed by atoms with E-state index in [-0.39, 0.29) is 5.91 Å². The lowest BCUT2D eigenvalue weighted by molar-refractivity contribution is -0.122. The number of nitrogens with zero attached hydrogens (tertiary/aromatic N) is 4. The second kappa shape index (κ2) is 11.7. The van der Waals surface area contributed by atoms with Crippen LogP contribution in [-0.2, 0) is 24.2 Å². The molecule has 1 amide bonds. The summed E-state index contributed by atoms with van der Waals surface area (Å²) in [5.41, 5.74) is 1.11. The summed E-state index contributed by atoms with van der Waals surface area (Å²) in [6, 6.07) is 5.85. The molecule has 1 saturated heterocycles. The summed E-state index contributed by atoms with van der Waals surface area (Å²) in [5.74, 6) is 2.65. The van der Waals surface area contributed by atoms with E-state index in [1.165, 1.54) is 0 Å². The second-order valence-electron chi connectivity index (χ2n) is 7.80. The van der Waals surface area contributed by atoms with Gasteiger partial charge in [-0.25, -0.2) is 4.98 Å². The van der Waals surface area contributed by atoms with Gasteiger partial charge < -0.3 is 19.4 Å². The van der Waals surface area contributed by atoms with Crippen molar-refractivity contribution in [1.29, 1.82) is 0 Å². The maximum absolute atomic E-state index is 12.3. The highest BCUT2D eigenvalue weighted by Gasteiger charge is 2.19. The molecule has 1 aromatic carbocycles. The lowest BCUT2D eigenvalue weighted by Gasteiger charge is -2.34. The smallest absolute Gasteiger partial charge is 0.234 e. The molecule has 31 heavy (non-hydrogen) atoms. The molecule has 8 heteroatoms. The predicted octanol–water partition coefficient (Wildman–Crippen LogP) is 1.44. The van der Waals surface area contributed by atoms with E-state index in [4.69, 9.17) is 9.47 Å². The van der Waals surface area contributed by atoms with Gasteiger partial charge in [0.1, 0.15) is 5.82 Å². The summed E-state index contributed by atoms with van der Waals surface area (Å²) in [6.45, 7) is 9.04. The molecule has 8 nitrogen and oxygen atoms in total. The highest BCUT2D eigenvalue weighted by Crippen LogP contribution is 2.27. The van der Waals surface area contributed by atoms with E-state index in [9.17, 15) is 4.79 Å². The van der Waals surface area contributed by atoms with E-state index in [0.29, 0.717) is 24.6 Å². The molecular formula is C23H35N5O3. The average molecular weight is 430 g/mol. The van der Waals surface area contributed by atoms with Crippen LogP contribution >= 0.6 is 0 Å². The number of aryl methyl sites for hydroxylation is 1. The summed E-state index contributed by atoms with van der Waals surface area (Å²) in [5, 5.41) is 3.04. The largest absolute Gasteiger partial charge is 0.493 e. The molecule has 2 heterocycles. The van der Waals surface area contributed by atoms with Crippen molar-refractivity contribution in [2.45, 2.75) is 26.3 Å². The Hall–Kier alpha value is -2.58. The van der Waals surface area contributed by atoms with Gasteiger partial charge in [0, 0.05) is 64.6 Å². The number of nitrogens with one attached hydrogen (secondary N) is 1. The highest BCUT2D eigenvalue weighted by atomic mass is 16.5. The summed E-state index contributed by atoms with van der Waals surface area (Å²) < 4.78 is 12.8. The third-order valence-electron chi connectivity index (χ3n) is 5.79. The van der Waals surface area contributed by atoms with E-state index >= 15 is 0 Å². The molecule has 0 atom stereocenters. The van der Waals surface area contributed by atoms with E-state index in [0.717, 1.165) is 63.5 Å². The van der Waals surface area contributed by atoms with Crippen molar-refractivity contribution in [2.75, 3.05) is 60.0 Å². The zero-order valence-electron chi connectivity index (χ0n) is 19.0. The first-order chi connectivity index (χ1) is 15.1. The van der Waals surface area contributed by atoms with Crippen molar-refractivity contribution in [3.8, 4) is 11.5 Å². The van der Waals surface area contributed by atoms with Crippen LogP contribution in [0.5, 0.6) is 11.5 Å². The first-order valence-corrected chi connectivity index (χ1v) is 11.0. The van der Waals surface area contributed by atoms with Crippen molar-refractivity contribution in [1.82, 2.24) is 24.7 Å². The van der Waals surface area contributed by atoms with Crippen molar-refractivity contribution < 1.29 is 14.3 Å². The van der Waals surface area contributed by atoms with Gasteiger partial charge in [-0.15, -0.1) is 0 Å². The lowest BCUT2D eigenvalue weighted by atomic mass is 10.1. The number of methoxy groups -OCH3 is 2. The van der Waals surface area contributed by atoms with Crippen molar-refractivity contribution >= 4 is 5.91 Å².